The van der Waals surface area contributed by atoms with Crippen molar-refractivity contribution in [2.45, 2.75) is 38.5 Å². The lowest BCUT2D eigenvalue weighted by molar-refractivity contribution is 0.453. The lowest BCUT2D eigenvalue weighted by atomic mass is 9.82. The lowest BCUT2D eigenvalue weighted by Crippen LogP contribution is -2.16. The molecule has 2 rings (SSSR count). The molecule has 1 aromatic rings. The molecule has 0 bridgehead atoms. The summed E-state index contributed by atoms with van der Waals surface area (Å²) in [6.45, 7) is 4.67. The highest BCUT2D eigenvalue weighted by Gasteiger charge is 2.32. The second-order valence-corrected chi connectivity index (χ2v) is 5.13. The zero-order valence-corrected chi connectivity index (χ0v) is 9.82. The van der Waals surface area contributed by atoms with E-state index < -0.39 is 0 Å². The minimum absolute atomic E-state index is 0.430. The molecule has 0 spiro atoms. The van der Waals surface area contributed by atoms with E-state index in [4.69, 9.17) is 0 Å². The molecule has 0 aromatic heterocycles. The molecule has 1 aliphatic rings. The average molecular weight is 239 g/mol. The first-order valence-corrected chi connectivity index (χ1v) is 5.74. The number of benzene rings is 1. The van der Waals surface area contributed by atoms with Crippen molar-refractivity contribution < 1.29 is 0 Å². The van der Waals surface area contributed by atoms with Gasteiger partial charge in [0.1, 0.15) is 0 Å². The standard InChI is InChI=1S/C12H15Br/c1-3-12(2)7-6-9-4-5-10(13)8-11(9)12/h4-5,8H,3,6-7H2,1-2H3. The summed E-state index contributed by atoms with van der Waals surface area (Å²) in [4.78, 5) is 0. The Balaban J connectivity index is 2.52. The molecule has 1 aromatic carbocycles. The zero-order valence-electron chi connectivity index (χ0n) is 8.23. The van der Waals surface area contributed by atoms with Crippen molar-refractivity contribution in [1.29, 1.82) is 0 Å². The number of hydrogen-bond acceptors (Lipinski definition) is 0. The van der Waals surface area contributed by atoms with Gasteiger partial charge in [0.15, 0.2) is 0 Å². The van der Waals surface area contributed by atoms with E-state index in [0.29, 0.717) is 5.41 Å². The minimum atomic E-state index is 0.430. The van der Waals surface area contributed by atoms with Crippen molar-refractivity contribution in [3.63, 3.8) is 0 Å². The van der Waals surface area contributed by atoms with Gasteiger partial charge in [0.05, 0.1) is 0 Å². The van der Waals surface area contributed by atoms with E-state index in [2.05, 4.69) is 48.0 Å². The second-order valence-electron chi connectivity index (χ2n) is 4.22. The number of halogens is 1. The van der Waals surface area contributed by atoms with Crippen molar-refractivity contribution in [1.82, 2.24) is 0 Å². The highest BCUT2D eigenvalue weighted by atomic mass is 79.9. The monoisotopic (exact) mass is 238 g/mol. The van der Waals surface area contributed by atoms with Crippen molar-refractivity contribution >= 4 is 15.9 Å². The minimum Gasteiger partial charge on any atom is -0.0645 e. The number of rotatable bonds is 1. The van der Waals surface area contributed by atoms with E-state index in [-0.39, 0.29) is 0 Å². The summed E-state index contributed by atoms with van der Waals surface area (Å²) in [7, 11) is 0. The van der Waals surface area contributed by atoms with Gasteiger partial charge in [-0.2, -0.15) is 0 Å². The van der Waals surface area contributed by atoms with Gasteiger partial charge in [-0.05, 0) is 47.9 Å². The molecule has 70 valence electrons. The second kappa shape index (κ2) is 3.13. The molecule has 0 fully saturated rings. The molecule has 0 saturated heterocycles. The molecule has 1 aliphatic carbocycles. The molecule has 1 unspecified atom stereocenters. The van der Waals surface area contributed by atoms with E-state index in [1.54, 1.807) is 11.1 Å². The van der Waals surface area contributed by atoms with Crippen LogP contribution in [0.15, 0.2) is 22.7 Å². The van der Waals surface area contributed by atoms with Crippen LogP contribution in [0.3, 0.4) is 0 Å². The summed E-state index contributed by atoms with van der Waals surface area (Å²) in [5.74, 6) is 0. The molecular weight excluding hydrogens is 224 g/mol. The Bertz CT molecular complexity index is 330. The fourth-order valence-corrected chi connectivity index (χ4v) is 2.60. The van der Waals surface area contributed by atoms with Gasteiger partial charge in [-0.1, -0.05) is 35.8 Å². The van der Waals surface area contributed by atoms with Crippen LogP contribution in [0, 0.1) is 0 Å². The van der Waals surface area contributed by atoms with Gasteiger partial charge in [0.2, 0.25) is 0 Å². The van der Waals surface area contributed by atoms with Gasteiger partial charge in [0, 0.05) is 4.47 Å². The van der Waals surface area contributed by atoms with Crippen molar-refractivity contribution in [2.75, 3.05) is 0 Å². The Morgan fingerprint density at radius 2 is 2.23 bits per heavy atom. The fourth-order valence-electron chi connectivity index (χ4n) is 2.24. The lowest BCUT2D eigenvalue weighted by Gasteiger charge is -2.23. The van der Waals surface area contributed by atoms with E-state index in [0.717, 1.165) is 0 Å². The Labute approximate surface area is 88.5 Å². The Morgan fingerprint density at radius 1 is 1.46 bits per heavy atom. The normalized spacial score (nSPS) is 26.1. The van der Waals surface area contributed by atoms with Crippen molar-refractivity contribution in [2.24, 2.45) is 0 Å². The molecule has 0 heterocycles. The SMILES string of the molecule is CCC1(C)CCc2ccc(Br)cc21. The zero-order chi connectivity index (χ0) is 9.47. The topological polar surface area (TPSA) is 0 Å². The molecule has 1 heteroatoms. The third-order valence-electron chi connectivity index (χ3n) is 3.45. The highest BCUT2D eigenvalue weighted by Crippen LogP contribution is 2.41. The molecular formula is C12H15Br. The van der Waals surface area contributed by atoms with Crippen molar-refractivity contribution in [3.05, 3.63) is 33.8 Å². The molecule has 0 N–H and O–H groups in total. The van der Waals surface area contributed by atoms with Crippen LogP contribution in [0.1, 0.15) is 37.8 Å². The molecule has 1 atom stereocenters. The average Bonchev–Trinajstić information content (AvgIpc) is 2.45. The molecule has 0 radical (unpaired) electrons. The smallest absolute Gasteiger partial charge is 0.0178 e. The van der Waals surface area contributed by atoms with Gasteiger partial charge < -0.3 is 0 Å². The number of hydrogen-bond donors (Lipinski definition) is 0. The molecule has 13 heavy (non-hydrogen) atoms. The summed E-state index contributed by atoms with van der Waals surface area (Å²) < 4.78 is 1.22. The van der Waals surface area contributed by atoms with Gasteiger partial charge >= 0.3 is 0 Å². The maximum absolute atomic E-state index is 3.55. The predicted molar refractivity (Wildman–Crippen MR) is 60.1 cm³/mol. The summed E-state index contributed by atoms with van der Waals surface area (Å²) >= 11 is 3.55. The molecule has 0 amide bonds. The highest BCUT2D eigenvalue weighted by molar-refractivity contribution is 9.10. The van der Waals surface area contributed by atoms with Crippen LogP contribution < -0.4 is 0 Å². The first kappa shape index (κ1) is 9.26. The van der Waals surface area contributed by atoms with Crippen LogP contribution in [0.2, 0.25) is 0 Å². The van der Waals surface area contributed by atoms with Gasteiger partial charge in [-0.25, -0.2) is 0 Å². The molecule has 0 saturated carbocycles. The van der Waals surface area contributed by atoms with E-state index in [1.807, 2.05) is 0 Å². The van der Waals surface area contributed by atoms with Crippen molar-refractivity contribution in [3.8, 4) is 0 Å². The van der Waals surface area contributed by atoms with E-state index in [9.17, 15) is 0 Å². The maximum atomic E-state index is 3.55. The van der Waals surface area contributed by atoms with Crippen LogP contribution in [-0.4, -0.2) is 0 Å². The third kappa shape index (κ3) is 1.43. The summed E-state index contributed by atoms with van der Waals surface area (Å²) in [5.41, 5.74) is 3.54. The van der Waals surface area contributed by atoms with Gasteiger partial charge in [-0.3, -0.25) is 0 Å². The van der Waals surface area contributed by atoms with Crippen LogP contribution in [0.4, 0.5) is 0 Å². The van der Waals surface area contributed by atoms with Crippen LogP contribution >= 0.6 is 15.9 Å². The molecule has 0 nitrogen and oxygen atoms in total. The first-order chi connectivity index (χ1) is 6.15. The maximum Gasteiger partial charge on any atom is 0.0178 e. The number of fused-ring (bicyclic) bond motifs is 1. The largest absolute Gasteiger partial charge is 0.0645 e. The first-order valence-electron chi connectivity index (χ1n) is 4.94. The van der Waals surface area contributed by atoms with E-state index in [1.165, 1.54) is 23.7 Å². The predicted octanol–water partition coefficient (Wildman–Crippen LogP) is 4.06. The molecule has 0 aliphatic heterocycles. The summed E-state index contributed by atoms with van der Waals surface area (Å²) in [6, 6.07) is 6.71. The van der Waals surface area contributed by atoms with Gasteiger partial charge in [-0.15, -0.1) is 0 Å². The van der Waals surface area contributed by atoms with E-state index >= 15 is 0 Å². The van der Waals surface area contributed by atoms with Crippen LogP contribution in [-0.2, 0) is 11.8 Å². The van der Waals surface area contributed by atoms with Crippen LogP contribution in [0.25, 0.3) is 0 Å². The van der Waals surface area contributed by atoms with Gasteiger partial charge in [0.25, 0.3) is 0 Å². The quantitative estimate of drug-likeness (QED) is 0.693. The van der Waals surface area contributed by atoms with Crippen LogP contribution in [0.5, 0.6) is 0 Å². The Kier molecular flexibility index (Phi) is 2.23. The number of aryl methyl sites for hydroxylation is 1. The fraction of sp³-hybridized carbons (Fsp3) is 0.500. The Hall–Kier alpha value is -0.300. The Morgan fingerprint density at radius 3 is 2.92 bits per heavy atom. The summed E-state index contributed by atoms with van der Waals surface area (Å²) in [6.07, 6.45) is 3.82. The summed E-state index contributed by atoms with van der Waals surface area (Å²) in [5, 5.41) is 0. The third-order valence-corrected chi connectivity index (χ3v) is 3.94.